The van der Waals surface area contributed by atoms with Crippen molar-refractivity contribution in [3.8, 4) is 5.88 Å². The Morgan fingerprint density at radius 2 is 1.70 bits per heavy atom. The maximum absolute atomic E-state index is 9.55. The molecule has 0 saturated carbocycles. The first-order valence-electron chi connectivity index (χ1n) is 8.76. The molecule has 3 fully saturated rings. The summed E-state index contributed by atoms with van der Waals surface area (Å²) in [6.45, 7) is 3.50. The van der Waals surface area contributed by atoms with Gasteiger partial charge in [-0.3, -0.25) is 4.90 Å². The zero-order valence-electron chi connectivity index (χ0n) is 14.7. The highest BCUT2D eigenvalue weighted by atomic mass is 16.5. The van der Waals surface area contributed by atoms with Gasteiger partial charge in [0.15, 0.2) is 0 Å². The number of piperidine rings is 3. The Balaban J connectivity index is 0.000000226. The van der Waals surface area contributed by atoms with Crippen LogP contribution in [0.25, 0.3) is 11.0 Å². The van der Waals surface area contributed by atoms with Crippen LogP contribution in [0.4, 0.5) is 0 Å². The average Bonchev–Trinajstić information content (AvgIpc) is 2.68. The molecule has 3 aliphatic rings. The van der Waals surface area contributed by atoms with Gasteiger partial charge in [-0.1, -0.05) is 12.1 Å². The molecule has 8 heteroatoms. The Morgan fingerprint density at radius 3 is 2.26 bits per heavy atom. The summed E-state index contributed by atoms with van der Waals surface area (Å²) in [5.74, 6) is -1.16. The fourth-order valence-electron chi connectivity index (χ4n) is 3.34. The fourth-order valence-corrected chi connectivity index (χ4v) is 3.34. The smallest absolute Gasteiger partial charge is 0.328 e. The van der Waals surface area contributed by atoms with E-state index in [9.17, 15) is 9.59 Å². The highest BCUT2D eigenvalue weighted by Gasteiger charge is 2.35. The van der Waals surface area contributed by atoms with E-state index in [1.165, 1.54) is 25.9 Å². The Bertz CT molecular complexity index is 830. The molecule has 0 radical (unpaired) electrons. The minimum atomic E-state index is -1.26. The number of hydrogen-bond donors (Lipinski definition) is 2. The maximum Gasteiger partial charge on any atom is 0.328 e. The van der Waals surface area contributed by atoms with Gasteiger partial charge in [0.25, 0.3) is 0 Å². The molecule has 5 rings (SSSR count). The number of hydrogen-bond acceptors (Lipinski definition) is 6. The fraction of sp³-hybridized carbons (Fsp3) is 0.368. The second kappa shape index (κ2) is 8.59. The van der Waals surface area contributed by atoms with E-state index in [4.69, 9.17) is 14.9 Å². The summed E-state index contributed by atoms with van der Waals surface area (Å²) in [5, 5.41) is 15.6. The molecule has 1 atom stereocenters. The molecule has 0 spiro atoms. The second-order valence-corrected chi connectivity index (χ2v) is 6.50. The van der Waals surface area contributed by atoms with Crippen LogP contribution < -0.4 is 4.74 Å². The molecule has 0 amide bonds. The van der Waals surface area contributed by atoms with Crippen LogP contribution in [0.1, 0.15) is 12.8 Å². The van der Waals surface area contributed by atoms with Gasteiger partial charge in [0.1, 0.15) is 6.10 Å². The number of carboxylic acid groups (broad SMARTS) is 2. The van der Waals surface area contributed by atoms with Crippen molar-refractivity contribution in [2.24, 2.45) is 5.92 Å². The molecule has 8 nitrogen and oxygen atoms in total. The van der Waals surface area contributed by atoms with E-state index >= 15 is 0 Å². The zero-order chi connectivity index (χ0) is 19.2. The predicted molar refractivity (Wildman–Crippen MR) is 97.5 cm³/mol. The molecule has 2 N–H and O–H groups in total. The topological polar surface area (TPSA) is 113 Å². The van der Waals surface area contributed by atoms with E-state index in [0.717, 1.165) is 17.6 Å². The van der Waals surface area contributed by atoms with E-state index in [2.05, 4.69) is 14.9 Å². The van der Waals surface area contributed by atoms with Gasteiger partial charge in [0, 0.05) is 18.7 Å². The Morgan fingerprint density at radius 1 is 1.07 bits per heavy atom. The second-order valence-electron chi connectivity index (χ2n) is 6.50. The lowest BCUT2D eigenvalue weighted by molar-refractivity contribution is -0.134. The molecule has 2 aromatic rings. The molecular formula is C19H21N3O5. The summed E-state index contributed by atoms with van der Waals surface area (Å²) in [6, 6.07) is 7.91. The Kier molecular flexibility index (Phi) is 5.97. The summed E-state index contributed by atoms with van der Waals surface area (Å²) in [6.07, 6.45) is 5.67. The third kappa shape index (κ3) is 5.24. The van der Waals surface area contributed by atoms with Crippen LogP contribution in [-0.4, -0.2) is 62.8 Å². The van der Waals surface area contributed by atoms with Crippen LogP contribution in [0, 0.1) is 5.92 Å². The number of ether oxygens (including phenoxy) is 1. The number of carbonyl (C=O) groups is 2. The third-order valence-corrected chi connectivity index (χ3v) is 4.66. The van der Waals surface area contributed by atoms with Gasteiger partial charge in [0.2, 0.25) is 5.88 Å². The zero-order valence-corrected chi connectivity index (χ0v) is 14.7. The van der Waals surface area contributed by atoms with E-state index in [1.54, 1.807) is 6.20 Å². The molecule has 1 aromatic carbocycles. The first kappa shape index (κ1) is 18.8. The van der Waals surface area contributed by atoms with Crippen molar-refractivity contribution in [1.29, 1.82) is 0 Å². The van der Waals surface area contributed by atoms with Crippen molar-refractivity contribution in [2.45, 2.75) is 18.9 Å². The highest BCUT2D eigenvalue weighted by molar-refractivity contribution is 5.89. The number of aromatic nitrogens is 2. The molecule has 3 aliphatic heterocycles. The van der Waals surface area contributed by atoms with E-state index in [1.807, 2.05) is 24.3 Å². The van der Waals surface area contributed by atoms with Crippen molar-refractivity contribution in [2.75, 3.05) is 19.6 Å². The summed E-state index contributed by atoms with van der Waals surface area (Å²) in [7, 11) is 0. The van der Waals surface area contributed by atoms with Gasteiger partial charge in [-0.2, -0.15) is 0 Å². The SMILES string of the molecule is O=C(O)/C=C/C(=O)O.c1ccc2nc(OC3CN4CCC3CC4)cnc2c1. The van der Waals surface area contributed by atoms with Gasteiger partial charge in [-0.25, -0.2) is 19.6 Å². The van der Waals surface area contributed by atoms with Crippen LogP contribution in [0.5, 0.6) is 5.88 Å². The van der Waals surface area contributed by atoms with Crippen LogP contribution >= 0.6 is 0 Å². The quantitative estimate of drug-likeness (QED) is 0.783. The molecule has 142 valence electrons. The summed E-state index contributed by atoms with van der Waals surface area (Å²) < 4.78 is 6.08. The van der Waals surface area contributed by atoms with Crippen molar-refractivity contribution in [1.82, 2.24) is 14.9 Å². The molecule has 27 heavy (non-hydrogen) atoms. The van der Waals surface area contributed by atoms with Crippen LogP contribution in [-0.2, 0) is 9.59 Å². The van der Waals surface area contributed by atoms with Crippen LogP contribution in [0.2, 0.25) is 0 Å². The third-order valence-electron chi connectivity index (χ3n) is 4.66. The lowest BCUT2D eigenvalue weighted by Gasteiger charge is -2.44. The number of aliphatic carboxylic acids is 2. The minimum Gasteiger partial charge on any atom is -0.478 e. The number of rotatable bonds is 4. The molecule has 4 heterocycles. The summed E-state index contributed by atoms with van der Waals surface area (Å²) >= 11 is 0. The number of para-hydroxylation sites is 2. The van der Waals surface area contributed by atoms with E-state index in [0.29, 0.717) is 23.9 Å². The number of nitrogens with zero attached hydrogens (tertiary/aromatic N) is 3. The van der Waals surface area contributed by atoms with Gasteiger partial charge >= 0.3 is 11.9 Å². The van der Waals surface area contributed by atoms with Crippen LogP contribution in [0.3, 0.4) is 0 Å². The molecule has 3 saturated heterocycles. The summed E-state index contributed by atoms with van der Waals surface area (Å²) in [4.78, 5) is 30.5. The first-order chi connectivity index (χ1) is 13.0. The molecule has 1 aromatic heterocycles. The minimum absolute atomic E-state index is 0.290. The molecule has 1 unspecified atom stereocenters. The van der Waals surface area contributed by atoms with Gasteiger partial charge in [-0.05, 0) is 44.0 Å². The van der Waals surface area contributed by atoms with E-state index in [-0.39, 0.29) is 6.10 Å². The van der Waals surface area contributed by atoms with Gasteiger partial charge < -0.3 is 14.9 Å². The normalized spacial score (nSPS) is 23.6. The van der Waals surface area contributed by atoms with Crippen molar-refractivity contribution >= 4 is 23.0 Å². The number of fused-ring (bicyclic) bond motifs is 4. The standard InChI is InChI=1S/C15H17N3O.C4H4O4/c1-2-4-13-12(3-1)16-9-15(17-13)19-14-10-18-7-5-11(14)6-8-18;5-3(6)1-2-4(7)8/h1-4,9,11,14H,5-8,10H2;1-2H,(H,5,6)(H,7,8)/b;2-1+. The summed E-state index contributed by atoms with van der Waals surface area (Å²) in [5.41, 5.74) is 1.82. The monoisotopic (exact) mass is 371 g/mol. The predicted octanol–water partition coefficient (Wildman–Crippen LogP) is 1.81. The van der Waals surface area contributed by atoms with Crippen LogP contribution in [0.15, 0.2) is 42.6 Å². The lowest BCUT2D eigenvalue weighted by atomic mass is 9.86. The van der Waals surface area contributed by atoms with Crippen molar-refractivity contribution < 1.29 is 24.5 Å². The average molecular weight is 371 g/mol. The van der Waals surface area contributed by atoms with E-state index < -0.39 is 11.9 Å². The molecular weight excluding hydrogens is 350 g/mol. The Labute approximate surface area is 156 Å². The van der Waals surface area contributed by atoms with Crippen molar-refractivity contribution in [3.05, 3.63) is 42.6 Å². The van der Waals surface area contributed by atoms with Crippen molar-refractivity contribution in [3.63, 3.8) is 0 Å². The first-order valence-corrected chi connectivity index (χ1v) is 8.76. The number of carboxylic acids is 2. The maximum atomic E-state index is 9.55. The largest absolute Gasteiger partial charge is 0.478 e. The van der Waals surface area contributed by atoms with Gasteiger partial charge in [0.05, 0.1) is 17.2 Å². The molecule has 2 bridgehead atoms. The van der Waals surface area contributed by atoms with Gasteiger partial charge in [-0.15, -0.1) is 0 Å². The number of benzene rings is 1. The Hall–Kier alpha value is -3.00. The highest BCUT2D eigenvalue weighted by Crippen LogP contribution is 2.30. The lowest BCUT2D eigenvalue weighted by Crippen LogP contribution is -2.52. The molecule has 0 aliphatic carbocycles.